The van der Waals surface area contributed by atoms with Crippen LogP contribution in [0.15, 0.2) is 24.3 Å². The Morgan fingerprint density at radius 3 is 2.87 bits per heavy atom. The van der Waals surface area contributed by atoms with Gasteiger partial charge >= 0.3 is 0 Å². The molecule has 0 radical (unpaired) electrons. The van der Waals surface area contributed by atoms with Gasteiger partial charge in [0, 0.05) is 17.8 Å². The summed E-state index contributed by atoms with van der Waals surface area (Å²) in [5.41, 5.74) is 4.70. The molecule has 5 nitrogen and oxygen atoms in total. The fraction of sp³-hybridized carbons (Fsp3) is 0.333. The van der Waals surface area contributed by atoms with Crippen LogP contribution in [0, 0.1) is 13.8 Å². The maximum Gasteiger partial charge on any atom is 0.251 e. The molecule has 23 heavy (non-hydrogen) atoms. The highest BCUT2D eigenvalue weighted by molar-refractivity contribution is 5.96. The van der Waals surface area contributed by atoms with Crippen LogP contribution in [0.3, 0.4) is 0 Å². The topological polar surface area (TPSA) is 60.5 Å². The Kier molecular flexibility index (Phi) is 4.19. The van der Waals surface area contributed by atoms with Crippen molar-refractivity contribution in [2.75, 3.05) is 13.7 Å². The van der Waals surface area contributed by atoms with Crippen LogP contribution in [-0.2, 0) is 13.0 Å². The lowest BCUT2D eigenvalue weighted by atomic mass is 10.0. The number of carbonyl (C=O) groups excluding carboxylic acids is 1. The minimum Gasteiger partial charge on any atom is -0.489 e. The van der Waals surface area contributed by atoms with Gasteiger partial charge in [-0.25, -0.2) is 4.98 Å². The van der Waals surface area contributed by atoms with Crippen LogP contribution in [-0.4, -0.2) is 24.5 Å². The molecule has 120 valence electrons. The molecule has 0 unspecified atom stereocenters. The minimum atomic E-state index is -0.0157. The molecule has 5 heteroatoms. The molecule has 3 rings (SSSR count). The van der Waals surface area contributed by atoms with E-state index < -0.39 is 0 Å². The van der Waals surface area contributed by atoms with Gasteiger partial charge in [-0.1, -0.05) is 0 Å². The van der Waals surface area contributed by atoms with E-state index in [1.165, 1.54) is 0 Å². The van der Waals surface area contributed by atoms with Crippen LogP contribution in [0.1, 0.15) is 32.7 Å². The van der Waals surface area contributed by atoms with Crippen molar-refractivity contribution in [2.24, 2.45) is 0 Å². The Bertz CT molecular complexity index is 756. The summed E-state index contributed by atoms with van der Waals surface area (Å²) in [6.07, 6.45) is 0.826. The van der Waals surface area contributed by atoms with Crippen LogP contribution in [0.2, 0.25) is 0 Å². The molecule has 2 heterocycles. The van der Waals surface area contributed by atoms with Gasteiger partial charge in [0.25, 0.3) is 5.91 Å². The van der Waals surface area contributed by atoms with Crippen molar-refractivity contribution in [3.8, 4) is 11.6 Å². The number of carbonyl (C=O) groups is 1. The van der Waals surface area contributed by atoms with Crippen molar-refractivity contribution in [1.29, 1.82) is 0 Å². The summed E-state index contributed by atoms with van der Waals surface area (Å²) in [7, 11) is 1.61. The van der Waals surface area contributed by atoms with Crippen molar-refractivity contribution in [3.63, 3.8) is 0 Å². The summed E-state index contributed by atoms with van der Waals surface area (Å²) in [5.74, 6) is 1.33. The van der Waals surface area contributed by atoms with E-state index in [1.807, 2.05) is 38.1 Å². The van der Waals surface area contributed by atoms with Gasteiger partial charge in [0.05, 0.1) is 12.7 Å². The monoisotopic (exact) mass is 312 g/mol. The van der Waals surface area contributed by atoms with Crippen molar-refractivity contribution in [3.05, 3.63) is 52.2 Å². The number of fused-ring (bicyclic) bond motifs is 1. The summed E-state index contributed by atoms with van der Waals surface area (Å²) in [4.78, 5) is 16.1. The number of methoxy groups -OCH3 is 1. The van der Waals surface area contributed by atoms with E-state index in [9.17, 15) is 4.79 Å². The Morgan fingerprint density at radius 1 is 1.26 bits per heavy atom. The smallest absolute Gasteiger partial charge is 0.251 e. The zero-order valence-electron chi connectivity index (χ0n) is 13.6. The lowest BCUT2D eigenvalue weighted by Gasteiger charge is -2.18. The summed E-state index contributed by atoms with van der Waals surface area (Å²) in [6, 6.07) is 7.60. The van der Waals surface area contributed by atoms with Gasteiger partial charge in [-0.15, -0.1) is 0 Å². The Morgan fingerprint density at radius 2 is 2.09 bits per heavy atom. The molecule has 1 aromatic carbocycles. The molecule has 0 atom stereocenters. The highest BCUT2D eigenvalue weighted by Crippen LogP contribution is 2.25. The van der Waals surface area contributed by atoms with E-state index in [-0.39, 0.29) is 5.91 Å². The number of pyridine rings is 1. The van der Waals surface area contributed by atoms with Crippen LogP contribution in [0.5, 0.6) is 11.6 Å². The van der Waals surface area contributed by atoms with E-state index in [2.05, 4.69) is 10.3 Å². The molecule has 1 amide bonds. The zero-order chi connectivity index (χ0) is 16.4. The lowest BCUT2D eigenvalue weighted by Crippen LogP contribution is -2.31. The number of amides is 1. The molecule has 0 saturated carbocycles. The van der Waals surface area contributed by atoms with Gasteiger partial charge in [0.15, 0.2) is 0 Å². The van der Waals surface area contributed by atoms with Gasteiger partial charge in [0.2, 0.25) is 5.88 Å². The summed E-state index contributed by atoms with van der Waals surface area (Å²) in [5, 5.41) is 2.84. The van der Waals surface area contributed by atoms with Crippen molar-refractivity contribution >= 4 is 5.91 Å². The van der Waals surface area contributed by atoms with E-state index in [0.29, 0.717) is 19.0 Å². The molecule has 1 aliphatic rings. The molecule has 0 fully saturated rings. The lowest BCUT2D eigenvalue weighted by molar-refractivity contribution is 0.0946. The third-order valence-corrected chi connectivity index (χ3v) is 4.02. The number of aryl methyl sites for hydroxylation is 2. The highest BCUT2D eigenvalue weighted by atomic mass is 16.5. The predicted molar refractivity (Wildman–Crippen MR) is 87.1 cm³/mol. The number of hydrogen-bond acceptors (Lipinski definition) is 4. The maximum atomic E-state index is 11.8. The first-order valence-corrected chi connectivity index (χ1v) is 7.63. The predicted octanol–water partition coefficient (Wildman–Crippen LogP) is 2.57. The van der Waals surface area contributed by atoms with Crippen LogP contribution in [0.25, 0.3) is 0 Å². The number of ether oxygens (including phenoxy) is 2. The minimum absolute atomic E-state index is 0.0157. The molecule has 1 aromatic heterocycles. The fourth-order valence-electron chi connectivity index (χ4n) is 2.82. The molecule has 2 aromatic rings. The molecule has 0 saturated heterocycles. The number of rotatable bonds is 4. The van der Waals surface area contributed by atoms with E-state index in [0.717, 1.165) is 40.1 Å². The van der Waals surface area contributed by atoms with Gasteiger partial charge in [0.1, 0.15) is 12.4 Å². The van der Waals surface area contributed by atoms with Gasteiger partial charge in [-0.05, 0) is 55.7 Å². The van der Waals surface area contributed by atoms with Crippen LogP contribution < -0.4 is 14.8 Å². The van der Waals surface area contributed by atoms with Gasteiger partial charge < -0.3 is 14.8 Å². The van der Waals surface area contributed by atoms with Gasteiger partial charge in [-0.2, -0.15) is 0 Å². The van der Waals surface area contributed by atoms with E-state index in [4.69, 9.17) is 9.47 Å². The fourth-order valence-corrected chi connectivity index (χ4v) is 2.82. The molecular formula is C18H20N2O3. The van der Waals surface area contributed by atoms with E-state index >= 15 is 0 Å². The first-order valence-electron chi connectivity index (χ1n) is 7.63. The van der Waals surface area contributed by atoms with Crippen molar-refractivity contribution in [2.45, 2.75) is 26.9 Å². The summed E-state index contributed by atoms with van der Waals surface area (Å²) >= 11 is 0. The number of benzene rings is 1. The molecule has 0 bridgehead atoms. The average Bonchev–Trinajstić information content (AvgIpc) is 2.53. The second-order valence-corrected chi connectivity index (χ2v) is 5.68. The Hall–Kier alpha value is -2.56. The summed E-state index contributed by atoms with van der Waals surface area (Å²) < 4.78 is 11.3. The third-order valence-electron chi connectivity index (χ3n) is 4.02. The first kappa shape index (κ1) is 15.3. The largest absolute Gasteiger partial charge is 0.489 e. The molecule has 1 aliphatic heterocycles. The maximum absolute atomic E-state index is 11.8. The zero-order valence-corrected chi connectivity index (χ0v) is 13.6. The number of nitrogens with one attached hydrogen (secondary N) is 1. The quantitative estimate of drug-likeness (QED) is 0.942. The molecular weight excluding hydrogens is 292 g/mol. The number of nitrogens with zero attached hydrogens (tertiary/aromatic N) is 1. The molecule has 0 spiro atoms. The standard InChI is InChI=1S/C18H20N2O3/c1-11-8-12(2)20-18(22-3)16(11)10-23-14-4-5-15-13(9-14)6-7-19-17(15)21/h4-5,8-9H,6-7,10H2,1-3H3,(H,19,21). The first-order chi connectivity index (χ1) is 11.1. The normalized spacial score (nSPS) is 13.3. The van der Waals surface area contributed by atoms with Crippen molar-refractivity contribution < 1.29 is 14.3 Å². The van der Waals surface area contributed by atoms with Crippen LogP contribution in [0.4, 0.5) is 0 Å². The SMILES string of the molecule is COc1nc(C)cc(C)c1COc1ccc2c(c1)CCNC2=O. The number of hydrogen-bond donors (Lipinski definition) is 1. The molecule has 0 aliphatic carbocycles. The highest BCUT2D eigenvalue weighted by Gasteiger charge is 2.17. The van der Waals surface area contributed by atoms with Crippen LogP contribution >= 0.6 is 0 Å². The Labute approximate surface area is 135 Å². The second-order valence-electron chi connectivity index (χ2n) is 5.68. The second kappa shape index (κ2) is 6.28. The van der Waals surface area contributed by atoms with Gasteiger partial charge in [-0.3, -0.25) is 4.79 Å². The number of aromatic nitrogens is 1. The summed E-state index contributed by atoms with van der Waals surface area (Å²) in [6.45, 7) is 5.01. The molecule has 1 N–H and O–H groups in total. The van der Waals surface area contributed by atoms with Crippen molar-refractivity contribution in [1.82, 2.24) is 10.3 Å². The van der Waals surface area contributed by atoms with E-state index in [1.54, 1.807) is 7.11 Å². The Balaban J connectivity index is 1.80. The third kappa shape index (κ3) is 3.13. The average molecular weight is 312 g/mol.